The second-order valence-electron chi connectivity index (χ2n) is 5.91. The Morgan fingerprint density at radius 1 is 1.11 bits per heavy atom. The molecule has 1 unspecified atom stereocenters. The van der Waals surface area contributed by atoms with E-state index < -0.39 is 0 Å². The Labute approximate surface area is 115 Å². The van der Waals surface area contributed by atoms with Crippen molar-refractivity contribution in [2.75, 3.05) is 47.3 Å². The summed E-state index contributed by atoms with van der Waals surface area (Å²) in [6.07, 6.45) is 2.49. The molecule has 18 heavy (non-hydrogen) atoms. The van der Waals surface area contributed by atoms with Crippen LogP contribution in [0.3, 0.4) is 0 Å². The lowest BCUT2D eigenvalue weighted by Crippen LogP contribution is -2.48. The highest BCUT2D eigenvalue weighted by Crippen LogP contribution is 2.27. The topological polar surface area (TPSA) is 18.5 Å². The quantitative estimate of drug-likeness (QED) is 0.648. The Morgan fingerprint density at radius 3 is 2.00 bits per heavy atom. The van der Waals surface area contributed by atoms with E-state index in [0.29, 0.717) is 11.5 Å². The number of nitrogens with one attached hydrogen (secondary N) is 1. The largest absolute Gasteiger partial charge is 0.319 e. The second-order valence-corrected chi connectivity index (χ2v) is 5.91. The number of nitrogens with zero attached hydrogens (tertiary/aromatic N) is 2. The fraction of sp³-hybridized carbons (Fsp3) is 1.00. The fourth-order valence-corrected chi connectivity index (χ4v) is 2.81. The fourth-order valence-electron chi connectivity index (χ4n) is 2.81. The van der Waals surface area contributed by atoms with Gasteiger partial charge in [0.1, 0.15) is 0 Å². The van der Waals surface area contributed by atoms with Gasteiger partial charge in [-0.05, 0) is 52.9 Å². The third kappa shape index (κ3) is 5.68. The minimum atomic E-state index is 0.422. The maximum absolute atomic E-state index is 3.38. The van der Waals surface area contributed by atoms with Gasteiger partial charge in [-0.2, -0.15) is 0 Å². The van der Waals surface area contributed by atoms with Crippen molar-refractivity contribution in [1.29, 1.82) is 0 Å². The van der Waals surface area contributed by atoms with E-state index in [1.54, 1.807) is 0 Å². The van der Waals surface area contributed by atoms with Crippen LogP contribution in [0.15, 0.2) is 0 Å². The zero-order chi connectivity index (χ0) is 14.2. The molecule has 110 valence electrons. The Balaban J connectivity index is 4.64. The minimum absolute atomic E-state index is 0.422. The molecule has 0 saturated heterocycles. The SMILES string of the molecule is CCN(CC(CC)(CC)CNC)C(C)CN(C)C. The van der Waals surface area contributed by atoms with Gasteiger partial charge in [0.15, 0.2) is 0 Å². The molecule has 1 atom stereocenters. The molecule has 0 aromatic rings. The molecule has 0 heterocycles. The van der Waals surface area contributed by atoms with E-state index in [1.807, 2.05) is 0 Å². The van der Waals surface area contributed by atoms with Crippen molar-refractivity contribution in [2.45, 2.75) is 46.6 Å². The van der Waals surface area contributed by atoms with Gasteiger partial charge in [0.2, 0.25) is 0 Å². The maximum Gasteiger partial charge on any atom is 0.0194 e. The third-order valence-corrected chi connectivity index (χ3v) is 4.25. The molecule has 0 aliphatic carbocycles. The lowest BCUT2D eigenvalue weighted by atomic mass is 9.81. The molecule has 0 aromatic heterocycles. The first kappa shape index (κ1) is 17.9. The molecule has 0 aliphatic rings. The second kappa shape index (κ2) is 8.89. The first-order valence-electron chi connectivity index (χ1n) is 7.48. The van der Waals surface area contributed by atoms with Gasteiger partial charge in [0.05, 0.1) is 0 Å². The van der Waals surface area contributed by atoms with Gasteiger partial charge >= 0.3 is 0 Å². The molecule has 1 N–H and O–H groups in total. The Kier molecular flexibility index (Phi) is 8.83. The number of hydrogen-bond acceptors (Lipinski definition) is 3. The molecule has 0 fully saturated rings. The van der Waals surface area contributed by atoms with E-state index in [2.05, 4.69) is 64.0 Å². The smallest absolute Gasteiger partial charge is 0.0194 e. The zero-order valence-corrected chi connectivity index (χ0v) is 13.7. The van der Waals surface area contributed by atoms with Crippen LogP contribution in [0, 0.1) is 5.41 Å². The molecule has 0 bridgehead atoms. The summed E-state index contributed by atoms with van der Waals surface area (Å²) in [4.78, 5) is 4.91. The summed E-state index contributed by atoms with van der Waals surface area (Å²) >= 11 is 0. The first-order chi connectivity index (χ1) is 8.44. The Hall–Kier alpha value is -0.120. The van der Waals surface area contributed by atoms with Crippen LogP contribution in [0.5, 0.6) is 0 Å². The summed E-state index contributed by atoms with van der Waals surface area (Å²) in [7, 11) is 6.38. The Morgan fingerprint density at radius 2 is 1.67 bits per heavy atom. The number of hydrogen-bond donors (Lipinski definition) is 1. The lowest BCUT2D eigenvalue weighted by molar-refractivity contribution is 0.0975. The van der Waals surface area contributed by atoms with Crippen LogP contribution < -0.4 is 5.32 Å². The van der Waals surface area contributed by atoms with Crippen molar-refractivity contribution < 1.29 is 0 Å². The molecule has 0 saturated carbocycles. The van der Waals surface area contributed by atoms with Crippen LogP contribution >= 0.6 is 0 Å². The van der Waals surface area contributed by atoms with Gasteiger partial charge in [-0.15, -0.1) is 0 Å². The molecular formula is C15H35N3. The van der Waals surface area contributed by atoms with Gasteiger partial charge in [-0.25, -0.2) is 0 Å². The zero-order valence-electron chi connectivity index (χ0n) is 13.7. The van der Waals surface area contributed by atoms with Crippen LogP contribution in [0.25, 0.3) is 0 Å². The highest BCUT2D eigenvalue weighted by atomic mass is 15.2. The summed E-state index contributed by atoms with van der Waals surface area (Å²) < 4.78 is 0. The van der Waals surface area contributed by atoms with Gasteiger partial charge in [0, 0.05) is 25.7 Å². The van der Waals surface area contributed by atoms with Gasteiger partial charge in [0.25, 0.3) is 0 Å². The van der Waals surface area contributed by atoms with Crippen molar-refractivity contribution in [3.63, 3.8) is 0 Å². The van der Waals surface area contributed by atoms with Crippen LogP contribution in [0.4, 0.5) is 0 Å². The summed E-state index contributed by atoms with van der Waals surface area (Å²) in [5.41, 5.74) is 0.422. The molecule has 0 spiro atoms. The molecule has 0 aromatic carbocycles. The van der Waals surface area contributed by atoms with Gasteiger partial charge in [-0.3, -0.25) is 4.90 Å². The summed E-state index contributed by atoms with van der Waals surface area (Å²) in [5, 5.41) is 3.38. The monoisotopic (exact) mass is 257 g/mol. The van der Waals surface area contributed by atoms with Crippen molar-refractivity contribution >= 4 is 0 Å². The predicted octanol–water partition coefficient (Wildman–Crippen LogP) is 2.28. The normalized spacial score (nSPS) is 14.5. The Bertz CT molecular complexity index is 200. The average Bonchev–Trinajstić information content (AvgIpc) is 2.33. The van der Waals surface area contributed by atoms with Gasteiger partial charge in [-0.1, -0.05) is 20.8 Å². The summed E-state index contributed by atoms with van der Waals surface area (Å²) in [5.74, 6) is 0. The molecule has 3 nitrogen and oxygen atoms in total. The van der Waals surface area contributed by atoms with Crippen molar-refractivity contribution in [1.82, 2.24) is 15.1 Å². The standard InChI is InChI=1S/C15H35N3/c1-8-15(9-2,12-16-5)13-18(10-3)14(4)11-17(6)7/h14,16H,8-13H2,1-7H3. The van der Waals surface area contributed by atoms with Crippen LogP contribution in [0.2, 0.25) is 0 Å². The lowest BCUT2D eigenvalue weighted by Gasteiger charge is -2.40. The van der Waals surface area contributed by atoms with Crippen LogP contribution in [-0.2, 0) is 0 Å². The van der Waals surface area contributed by atoms with E-state index in [-0.39, 0.29) is 0 Å². The molecule has 0 rings (SSSR count). The molecule has 0 amide bonds. The molecular weight excluding hydrogens is 222 g/mol. The molecule has 0 radical (unpaired) electrons. The van der Waals surface area contributed by atoms with Crippen LogP contribution in [-0.4, -0.2) is 63.2 Å². The minimum Gasteiger partial charge on any atom is -0.319 e. The van der Waals surface area contributed by atoms with E-state index in [0.717, 1.165) is 19.6 Å². The third-order valence-electron chi connectivity index (χ3n) is 4.25. The van der Waals surface area contributed by atoms with Crippen molar-refractivity contribution in [3.05, 3.63) is 0 Å². The predicted molar refractivity (Wildman–Crippen MR) is 82.2 cm³/mol. The summed E-state index contributed by atoms with van der Waals surface area (Å²) in [6.45, 7) is 13.9. The van der Waals surface area contributed by atoms with Gasteiger partial charge < -0.3 is 10.2 Å². The van der Waals surface area contributed by atoms with E-state index in [1.165, 1.54) is 19.4 Å². The van der Waals surface area contributed by atoms with Crippen molar-refractivity contribution in [3.8, 4) is 0 Å². The van der Waals surface area contributed by atoms with E-state index >= 15 is 0 Å². The average molecular weight is 257 g/mol. The van der Waals surface area contributed by atoms with Crippen molar-refractivity contribution in [2.24, 2.45) is 5.41 Å². The molecule has 3 heteroatoms. The van der Waals surface area contributed by atoms with Crippen LogP contribution in [0.1, 0.15) is 40.5 Å². The molecule has 0 aliphatic heterocycles. The summed E-state index contributed by atoms with van der Waals surface area (Å²) in [6, 6.07) is 0.624. The number of rotatable bonds is 10. The highest BCUT2D eigenvalue weighted by molar-refractivity contribution is 4.84. The first-order valence-corrected chi connectivity index (χ1v) is 7.48. The highest BCUT2D eigenvalue weighted by Gasteiger charge is 2.29. The van der Waals surface area contributed by atoms with E-state index in [9.17, 15) is 0 Å². The number of likely N-dealkylation sites (N-methyl/N-ethyl adjacent to an activating group) is 2. The maximum atomic E-state index is 3.38. The van der Waals surface area contributed by atoms with E-state index in [4.69, 9.17) is 0 Å².